The van der Waals surface area contributed by atoms with E-state index in [0.29, 0.717) is 10.8 Å². The molecule has 0 fully saturated rings. The van der Waals surface area contributed by atoms with Gasteiger partial charge in [-0.15, -0.1) is 11.8 Å². The van der Waals surface area contributed by atoms with Crippen LogP contribution in [0.4, 0.5) is 5.69 Å². The Kier molecular flexibility index (Phi) is 6.16. The van der Waals surface area contributed by atoms with Crippen LogP contribution in [0.2, 0.25) is 5.02 Å². The number of thioether (sulfide) groups is 1. The minimum atomic E-state index is -0.613. The number of carbonyl (C=O) groups is 1. The zero-order valence-electron chi connectivity index (χ0n) is 12.5. The minimum Gasteiger partial charge on any atom is -0.481 e. The highest BCUT2D eigenvalue weighted by Crippen LogP contribution is 2.27. The molecule has 0 saturated heterocycles. The summed E-state index contributed by atoms with van der Waals surface area (Å²) in [5, 5.41) is 3.49. The Bertz CT molecular complexity index is 648. The number of ether oxygens (including phenoxy) is 1. The van der Waals surface area contributed by atoms with Crippen molar-refractivity contribution in [3.63, 3.8) is 0 Å². The molecule has 1 amide bonds. The largest absolute Gasteiger partial charge is 0.481 e. The minimum absolute atomic E-state index is 0.191. The van der Waals surface area contributed by atoms with Crippen LogP contribution in [0.5, 0.6) is 5.75 Å². The summed E-state index contributed by atoms with van der Waals surface area (Å²) in [4.78, 5) is 13.3. The SMILES string of the molecule is CCSc1ccccc1NC(=O)[C@H](C)Oc1cccc(Cl)c1. The maximum absolute atomic E-state index is 12.3. The van der Waals surface area contributed by atoms with Gasteiger partial charge in [0.1, 0.15) is 5.75 Å². The molecule has 1 atom stereocenters. The number of nitrogens with one attached hydrogen (secondary N) is 1. The van der Waals surface area contributed by atoms with Gasteiger partial charge in [-0.3, -0.25) is 4.79 Å². The number of rotatable bonds is 6. The molecule has 0 heterocycles. The van der Waals surface area contributed by atoms with Crippen molar-refractivity contribution in [3.05, 3.63) is 53.6 Å². The number of amides is 1. The molecule has 0 aliphatic rings. The molecule has 0 radical (unpaired) electrons. The van der Waals surface area contributed by atoms with E-state index >= 15 is 0 Å². The smallest absolute Gasteiger partial charge is 0.265 e. The lowest BCUT2D eigenvalue weighted by Crippen LogP contribution is -2.30. The fourth-order valence-corrected chi connectivity index (χ4v) is 2.82. The Hall–Kier alpha value is -1.65. The van der Waals surface area contributed by atoms with Crippen LogP contribution in [-0.2, 0) is 4.79 Å². The molecule has 0 aromatic heterocycles. The van der Waals surface area contributed by atoms with Crippen LogP contribution in [0.25, 0.3) is 0 Å². The predicted octanol–water partition coefficient (Wildman–Crippen LogP) is 4.86. The molecule has 0 bridgehead atoms. The van der Waals surface area contributed by atoms with Gasteiger partial charge in [0.2, 0.25) is 0 Å². The van der Waals surface area contributed by atoms with E-state index in [4.69, 9.17) is 16.3 Å². The van der Waals surface area contributed by atoms with Crippen molar-refractivity contribution < 1.29 is 9.53 Å². The molecule has 0 spiro atoms. The summed E-state index contributed by atoms with van der Waals surface area (Å²) in [5.41, 5.74) is 0.806. The van der Waals surface area contributed by atoms with Crippen LogP contribution in [0, 0.1) is 0 Å². The van der Waals surface area contributed by atoms with Crippen molar-refractivity contribution in [2.24, 2.45) is 0 Å². The lowest BCUT2D eigenvalue weighted by atomic mass is 10.3. The number of benzene rings is 2. The highest BCUT2D eigenvalue weighted by molar-refractivity contribution is 7.99. The molecule has 0 unspecified atom stereocenters. The Labute approximate surface area is 140 Å². The fourth-order valence-electron chi connectivity index (χ4n) is 1.88. The first kappa shape index (κ1) is 16.7. The van der Waals surface area contributed by atoms with Gasteiger partial charge in [0.25, 0.3) is 5.91 Å². The van der Waals surface area contributed by atoms with Crippen molar-refractivity contribution in [1.29, 1.82) is 0 Å². The number of para-hydroxylation sites is 1. The molecule has 3 nitrogen and oxygen atoms in total. The average Bonchev–Trinajstić information content (AvgIpc) is 2.49. The van der Waals surface area contributed by atoms with E-state index in [1.807, 2.05) is 24.3 Å². The maximum Gasteiger partial charge on any atom is 0.265 e. The van der Waals surface area contributed by atoms with Gasteiger partial charge in [-0.2, -0.15) is 0 Å². The molecule has 0 aliphatic heterocycles. The summed E-state index contributed by atoms with van der Waals surface area (Å²) in [7, 11) is 0. The molecule has 22 heavy (non-hydrogen) atoms. The van der Waals surface area contributed by atoms with Gasteiger partial charge < -0.3 is 10.1 Å². The van der Waals surface area contributed by atoms with Gasteiger partial charge in [-0.1, -0.05) is 36.7 Å². The second-order valence-electron chi connectivity index (χ2n) is 4.64. The van der Waals surface area contributed by atoms with Crippen LogP contribution in [0.1, 0.15) is 13.8 Å². The zero-order chi connectivity index (χ0) is 15.9. The summed E-state index contributed by atoms with van der Waals surface area (Å²) >= 11 is 7.60. The highest BCUT2D eigenvalue weighted by atomic mass is 35.5. The van der Waals surface area contributed by atoms with Crippen LogP contribution >= 0.6 is 23.4 Å². The van der Waals surface area contributed by atoms with E-state index in [1.54, 1.807) is 43.0 Å². The summed E-state index contributed by atoms with van der Waals surface area (Å²) in [6, 6.07) is 14.8. The van der Waals surface area contributed by atoms with Gasteiger partial charge in [0.05, 0.1) is 5.69 Å². The van der Waals surface area contributed by atoms with Crippen molar-refractivity contribution in [2.45, 2.75) is 24.8 Å². The Morgan fingerprint density at radius 1 is 1.27 bits per heavy atom. The lowest BCUT2D eigenvalue weighted by Gasteiger charge is -2.16. The van der Waals surface area contributed by atoms with Gasteiger partial charge in [-0.05, 0) is 43.0 Å². The Balaban J connectivity index is 2.02. The number of halogens is 1. The van der Waals surface area contributed by atoms with Crippen molar-refractivity contribution in [1.82, 2.24) is 0 Å². The molecule has 1 N–H and O–H groups in total. The van der Waals surface area contributed by atoms with E-state index in [0.717, 1.165) is 16.3 Å². The zero-order valence-corrected chi connectivity index (χ0v) is 14.1. The summed E-state index contributed by atoms with van der Waals surface area (Å²) < 4.78 is 5.63. The highest BCUT2D eigenvalue weighted by Gasteiger charge is 2.16. The number of anilines is 1. The third-order valence-corrected chi connectivity index (χ3v) is 4.11. The van der Waals surface area contributed by atoms with Gasteiger partial charge in [0.15, 0.2) is 6.10 Å². The van der Waals surface area contributed by atoms with Crippen LogP contribution in [0.15, 0.2) is 53.4 Å². The van der Waals surface area contributed by atoms with Crippen molar-refractivity contribution in [2.75, 3.05) is 11.1 Å². The van der Waals surface area contributed by atoms with Gasteiger partial charge in [0, 0.05) is 9.92 Å². The summed E-state index contributed by atoms with van der Waals surface area (Å²) in [6.45, 7) is 3.79. The third-order valence-electron chi connectivity index (χ3n) is 2.92. The maximum atomic E-state index is 12.3. The first-order chi connectivity index (χ1) is 10.6. The average molecular weight is 336 g/mol. The molecular weight excluding hydrogens is 318 g/mol. The predicted molar refractivity (Wildman–Crippen MR) is 93.0 cm³/mol. The van der Waals surface area contributed by atoms with E-state index in [-0.39, 0.29) is 5.91 Å². The topological polar surface area (TPSA) is 38.3 Å². The van der Waals surface area contributed by atoms with Crippen molar-refractivity contribution >= 4 is 35.0 Å². The molecule has 0 aliphatic carbocycles. The quantitative estimate of drug-likeness (QED) is 0.766. The lowest BCUT2D eigenvalue weighted by molar-refractivity contribution is -0.122. The number of hydrogen-bond acceptors (Lipinski definition) is 3. The number of hydrogen-bond donors (Lipinski definition) is 1. The standard InChI is InChI=1S/C17H18ClNO2S/c1-3-22-16-10-5-4-9-15(16)19-17(20)12(2)21-14-8-6-7-13(18)11-14/h4-12H,3H2,1-2H3,(H,19,20)/t12-/m0/s1. The summed E-state index contributed by atoms with van der Waals surface area (Å²) in [5.74, 6) is 1.33. The van der Waals surface area contributed by atoms with Crippen LogP contribution in [0.3, 0.4) is 0 Å². The van der Waals surface area contributed by atoms with Crippen LogP contribution in [-0.4, -0.2) is 17.8 Å². The third kappa shape index (κ3) is 4.68. The molecule has 116 valence electrons. The van der Waals surface area contributed by atoms with Crippen molar-refractivity contribution in [3.8, 4) is 5.75 Å². The Morgan fingerprint density at radius 3 is 2.77 bits per heavy atom. The molecule has 0 saturated carbocycles. The first-order valence-corrected chi connectivity index (χ1v) is 8.41. The van der Waals surface area contributed by atoms with Crippen LogP contribution < -0.4 is 10.1 Å². The fraction of sp³-hybridized carbons (Fsp3) is 0.235. The molecule has 5 heteroatoms. The second-order valence-corrected chi connectivity index (χ2v) is 6.38. The van der Waals surface area contributed by atoms with E-state index in [1.165, 1.54) is 0 Å². The number of carbonyl (C=O) groups excluding carboxylic acids is 1. The second kappa shape index (κ2) is 8.11. The Morgan fingerprint density at radius 2 is 2.05 bits per heavy atom. The molecule has 2 rings (SSSR count). The van der Waals surface area contributed by atoms with E-state index < -0.39 is 6.10 Å². The molecule has 2 aromatic rings. The summed E-state index contributed by atoms with van der Waals surface area (Å²) in [6.07, 6.45) is -0.613. The normalized spacial score (nSPS) is 11.8. The molecular formula is C17H18ClNO2S. The van der Waals surface area contributed by atoms with Gasteiger partial charge >= 0.3 is 0 Å². The van der Waals surface area contributed by atoms with E-state index in [2.05, 4.69) is 12.2 Å². The van der Waals surface area contributed by atoms with E-state index in [9.17, 15) is 4.79 Å². The monoisotopic (exact) mass is 335 g/mol. The molecule has 2 aromatic carbocycles. The van der Waals surface area contributed by atoms with Gasteiger partial charge in [-0.25, -0.2) is 0 Å². The first-order valence-electron chi connectivity index (χ1n) is 7.05.